The Hall–Kier alpha value is -3.36. The molecule has 0 aromatic heterocycles. The highest BCUT2D eigenvalue weighted by Crippen LogP contribution is 2.12. The van der Waals surface area contributed by atoms with Crippen molar-refractivity contribution in [2.75, 3.05) is 26.8 Å². The van der Waals surface area contributed by atoms with Crippen LogP contribution in [-0.2, 0) is 19.1 Å². The van der Waals surface area contributed by atoms with Crippen molar-refractivity contribution in [2.45, 2.75) is 13.0 Å². The third-order valence-corrected chi connectivity index (χ3v) is 3.75. The van der Waals surface area contributed by atoms with E-state index in [1.165, 1.54) is 13.0 Å². The van der Waals surface area contributed by atoms with Gasteiger partial charge in [-0.1, -0.05) is 12.1 Å². The van der Waals surface area contributed by atoms with E-state index in [1.807, 2.05) is 0 Å². The second-order valence-corrected chi connectivity index (χ2v) is 5.72. The van der Waals surface area contributed by atoms with Gasteiger partial charge in [0.1, 0.15) is 11.8 Å². The highest BCUT2D eigenvalue weighted by molar-refractivity contribution is 5.97. The van der Waals surface area contributed by atoms with Crippen LogP contribution in [0.2, 0.25) is 0 Å². The number of nitrogens with zero attached hydrogens (tertiary/aromatic N) is 1. The number of hydrogen-bond acceptors (Lipinski definition) is 6. The summed E-state index contributed by atoms with van der Waals surface area (Å²) in [5, 5.41) is 4.92. The fourth-order valence-corrected chi connectivity index (χ4v) is 2.25. The minimum atomic E-state index is -0.946. The third-order valence-electron chi connectivity index (χ3n) is 3.75. The van der Waals surface area contributed by atoms with E-state index in [9.17, 15) is 19.2 Å². The fraction of sp³-hybridized carbons (Fsp3) is 0.333. The predicted molar refractivity (Wildman–Crippen MR) is 95.7 cm³/mol. The molecule has 0 spiro atoms. The van der Waals surface area contributed by atoms with Crippen molar-refractivity contribution in [3.63, 3.8) is 0 Å². The molecule has 1 saturated heterocycles. The van der Waals surface area contributed by atoms with E-state index in [4.69, 9.17) is 9.47 Å². The van der Waals surface area contributed by atoms with Crippen LogP contribution in [0, 0.1) is 0 Å². The van der Waals surface area contributed by atoms with Crippen molar-refractivity contribution >= 4 is 29.9 Å². The number of benzene rings is 1. The Morgan fingerprint density at radius 3 is 2.59 bits per heavy atom. The van der Waals surface area contributed by atoms with Crippen molar-refractivity contribution in [3.8, 4) is 5.75 Å². The molecule has 27 heavy (non-hydrogen) atoms. The van der Waals surface area contributed by atoms with Crippen molar-refractivity contribution in [1.29, 1.82) is 0 Å². The second-order valence-electron chi connectivity index (χ2n) is 5.72. The zero-order chi connectivity index (χ0) is 19.8. The van der Waals surface area contributed by atoms with Crippen LogP contribution < -0.4 is 15.4 Å². The van der Waals surface area contributed by atoms with Crippen LogP contribution in [0.5, 0.6) is 5.75 Å². The number of imide groups is 1. The summed E-state index contributed by atoms with van der Waals surface area (Å²) in [5.41, 5.74) is 0.788. The minimum absolute atomic E-state index is 0.234. The van der Waals surface area contributed by atoms with Crippen LogP contribution in [0.4, 0.5) is 4.79 Å². The normalized spacial score (nSPS) is 14.6. The number of ether oxygens (including phenoxy) is 2. The van der Waals surface area contributed by atoms with Crippen molar-refractivity contribution in [1.82, 2.24) is 15.5 Å². The SMILES string of the molecule is COc1ccc(C=CC(=O)N[C@@H](C)C(=O)OCC(=O)N2CCNC2=O)cc1. The smallest absolute Gasteiger partial charge is 0.328 e. The maximum Gasteiger partial charge on any atom is 0.328 e. The number of amides is 4. The Morgan fingerprint density at radius 2 is 2.00 bits per heavy atom. The molecule has 2 rings (SSSR count). The Morgan fingerprint density at radius 1 is 1.30 bits per heavy atom. The zero-order valence-electron chi connectivity index (χ0n) is 15.1. The Balaban J connectivity index is 1.77. The van der Waals surface area contributed by atoms with Crippen molar-refractivity contribution in [2.24, 2.45) is 0 Å². The van der Waals surface area contributed by atoms with Crippen molar-refractivity contribution < 1.29 is 28.7 Å². The molecular formula is C18H21N3O6. The largest absolute Gasteiger partial charge is 0.497 e. The molecule has 0 saturated carbocycles. The van der Waals surface area contributed by atoms with Gasteiger partial charge >= 0.3 is 12.0 Å². The molecule has 0 aliphatic carbocycles. The van der Waals surface area contributed by atoms with E-state index in [-0.39, 0.29) is 6.54 Å². The lowest BCUT2D eigenvalue weighted by atomic mass is 10.2. The molecule has 0 bridgehead atoms. The van der Waals surface area contributed by atoms with Crippen LogP contribution in [0.3, 0.4) is 0 Å². The monoisotopic (exact) mass is 375 g/mol. The summed E-state index contributed by atoms with van der Waals surface area (Å²) < 4.78 is 9.90. The first kappa shape index (κ1) is 20.0. The summed E-state index contributed by atoms with van der Waals surface area (Å²) in [5.74, 6) is -1.17. The van der Waals surface area contributed by atoms with Gasteiger partial charge in [0.15, 0.2) is 6.61 Å². The molecular weight excluding hydrogens is 354 g/mol. The lowest BCUT2D eigenvalue weighted by Crippen LogP contribution is -2.41. The first-order valence-electron chi connectivity index (χ1n) is 8.28. The Kier molecular flexibility index (Phi) is 6.93. The number of nitrogens with one attached hydrogen (secondary N) is 2. The van der Waals surface area contributed by atoms with E-state index in [2.05, 4.69) is 10.6 Å². The van der Waals surface area contributed by atoms with Gasteiger partial charge in [-0.25, -0.2) is 9.59 Å². The number of esters is 1. The van der Waals surface area contributed by atoms with Gasteiger partial charge < -0.3 is 20.1 Å². The number of rotatable bonds is 7. The van der Waals surface area contributed by atoms with Gasteiger partial charge in [-0.15, -0.1) is 0 Å². The molecule has 4 amide bonds. The minimum Gasteiger partial charge on any atom is -0.497 e. The standard InChI is InChI=1S/C18H21N3O6/c1-12(17(24)27-11-16(23)21-10-9-19-18(21)25)20-15(22)8-5-13-3-6-14(26-2)7-4-13/h3-8,12H,9-11H2,1-2H3,(H,19,25)(H,20,22)/t12-/m0/s1. The molecule has 1 fully saturated rings. The Bertz CT molecular complexity index is 744. The fourth-order valence-electron chi connectivity index (χ4n) is 2.25. The number of carbonyl (C=O) groups excluding carboxylic acids is 4. The number of carbonyl (C=O) groups is 4. The van der Waals surface area contributed by atoms with Gasteiger partial charge in [0.25, 0.3) is 5.91 Å². The van der Waals surface area contributed by atoms with E-state index in [0.29, 0.717) is 12.3 Å². The molecule has 9 nitrogen and oxygen atoms in total. The molecule has 0 unspecified atom stereocenters. The average molecular weight is 375 g/mol. The van der Waals surface area contributed by atoms with Gasteiger partial charge in [-0.3, -0.25) is 14.5 Å². The predicted octanol–water partition coefficient (Wildman–Crippen LogP) is 0.308. The molecule has 1 aliphatic rings. The molecule has 144 valence electrons. The molecule has 2 N–H and O–H groups in total. The molecule has 1 heterocycles. The van der Waals surface area contributed by atoms with Gasteiger partial charge in [-0.05, 0) is 30.7 Å². The zero-order valence-corrected chi connectivity index (χ0v) is 15.1. The lowest BCUT2D eigenvalue weighted by Gasteiger charge is -2.14. The summed E-state index contributed by atoms with van der Waals surface area (Å²) in [6.45, 7) is 1.48. The second kappa shape index (κ2) is 9.37. The summed E-state index contributed by atoms with van der Waals surface area (Å²) in [4.78, 5) is 47.9. The molecule has 1 aromatic carbocycles. The quantitative estimate of drug-likeness (QED) is 0.524. The van der Waals surface area contributed by atoms with Gasteiger partial charge in [0.05, 0.1) is 7.11 Å². The highest BCUT2D eigenvalue weighted by Gasteiger charge is 2.27. The average Bonchev–Trinajstić information content (AvgIpc) is 3.10. The van der Waals surface area contributed by atoms with Crippen LogP contribution in [0.15, 0.2) is 30.3 Å². The van der Waals surface area contributed by atoms with Crippen LogP contribution in [-0.4, -0.2) is 61.6 Å². The number of methoxy groups -OCH3 is 1. The van der Waals surface area contributed by atoms with E-state index in [1.54, 1.807) is 37.5 Å². The molecule has 1 aliphatic heterocycles. The summed E-state index contributed by atoms with van der Waals surface area (Å²) in [6, 6.07) is 5.62. The van der Waals surface area contributed by atoms with Crippen LogP contribution in [0.25, 0.3) is 6.08 Å². The van der Waals surface area contributed by atoms with Crippen LogP contribution >= 0.6 is 0 Å². The van der Waals surface area contributed by atoms with E-state index >= 15 is 0 Å². The highest BCUT2D eigenvalue weighted by atomic mass is 16.5. The number of urea groups is 1. The third kappa shape index (κ3) is 5.84. The Labute approximate surface area is 156 Å². The maximum absolute atomic E-state index is 11.9. The molecule has 0 radical (unpaired) electrons. The lowest BCUT2D eigenvalue weighted by molar-refractivity contribution is -0.152. The van der Waals surface area contributed by atoms with E-state index < -0.39 is 36.5 Å². The number of hydrogen-bond donors (Lipinski definition) is 2. The molecule has 1 aromatic rings. The first-order valence-corrected chi connectivity index (χ1v) is 8.28. The maximum atomic E-state index is 11.9. The van der Waals surface area contributed by atoms with E-state index in [0.717, 1.165) is 10.5 Å². The van der Waals surface area contributed by atoms with Crippen LogP contribution in [0.1, 0.15) is 12.5 Å². The van der Waals surface area contributed by atoms with Gasteiger partial charge in [0, 0.05) is 19.2 Å². The molecule has 1 atom stereocenters. The van der Waals surface area contributed by atoms with Gasteiger partial charge in [-0.2, -0.15) is 0 Å². The van der Waals surface area contributed by atoms with Gasteiger partial charge in [0.2, 0.25) is 5.91 Å². The summed E-state index contributed by atoms with van der Waals surface area (Å²) in [6.07, 6.45) is 2.87. The summed E-state index contributed by atoms with van der Waals surface area (Å²) >= 11 is 0. The van der Waals surface area contributed by atoms with Crippen molar-refractivity contribution in [3.05, 3.63) is 35.9 Å². The summed E-state index contributed by atoms with van der Waals surface area (Å²) in [7, 11) is 1.56. The topological polar surface area (TPSA) is 114 Å². The molecule has 9 heteroatoms. The first-order chi connectivity index (χ1) is 12.9.